The molecule has 2 saturated heterocycles. The summed E-state index contributed by atoms with van der Waals surface area (Å²) in [6.45, 7) is 5.53. The van der Waals surface area contributed by atoms with Crippen molar-refractivity contribution in [2.75, 3.05) is 0 Å². The van der Waals surface area contributed by atoms with E-state index >= 15 is 0 Å². The molecule has 0 aromatic heterocycles. The maximum absolute atomic E-state index is 13.3. The molecule has 1 N–H and O–H groups in total. The molecule has 152 valence electrons. The summed E-state index contributed by atoms with van der Waals surface area (Å²) in [6.07, 6.45) is -1.28. The van der Waals surface area contributed by atoms with Gasteiger partial charge in [-0.1, -0.05) is 60.7 Å². The van der Waals surface area contributed by atoms with Gasteiger partial charge >= 0.3 is 5.97 Å². The fourth-order valence-electron chi connectivity index (χ4n) is 4.23. The van der Waals surface area contributed by atoms with Gasteiger partial charge in [-0.3, -0.25) is 4.79 Å². The van der Waals surface area contributed by atoms with Gasteiger partial charge in [0.1, 0.15) is 6.04 Å². The minimum atomic E-state index is -0.733. The van der Waals surface area contributed by atoms with Crippen molar-refractivity contribution in [3.8, 4) is 0 Å². The highest BCUT2D eigenvalue weighted by molar-refractivity contribution is 8.01. The topological polar surface area (TPSA) is 66.8 Å². The van der Waals surface area contributed by atoms with E-state index in [1.807, 2.05) is 74.5 Å². The molecule has 2 heterocycles. The van der Waals surface area contributed by atoms with Crippen LogP contribution in [0.25, 0.3) is 0 Å². The Morgan fingerprint density at radius 1 is 1.07 bits per heavy atom. The number of benzene rings is 2. The van der Waals surface area contributed by atoms with Crippen LogP contribution < -0.4 is 0 Å². The van der Waals surface area contributed by atoms with Gasteiger partial charge in [0.15, 0.2) is 6.10 Å². The third-order valence-electron chi connectivity index (χ3n) is 5.66. The molecule has 2 aliphatic rings. The zero-order chi connectivity index (χ0) is 20.8. The molecule has 4 atom stereocenters. The Balaban J connectivity index is 1.62. The molecule has 2 aromatic rings. The van der Waals surface area contributed by atoms with E-state index in [0.717, 1.165) is 11.1 Å². The molecule has 5 nitrogen and oxygen atoms in total. The van der Waals surface area contributed by atoms with E-state index in [9.17, 15) is 14.7 Å². The van der Waals surface area contributed by atoms with Crippen LogP contribution in [-0.4, -0.2) is 44.1 Å². The highest BCUT2D eigenvalue weighted by Gasteiger charge is 2.65. The molecule has 2 aromatic carbocycles. The number of amides is 1. The van der Waals surface area contributed by atoms with Crippen LogP contribution in [0.5, 0.6) is 0 Å². The molecule has 1 amide bonds. The normalized spacial score (nSPS) is 26.0. The van der Waals surface area contributed by atoms with Crippen LogP contribution in [0.3, 0.4) is 0 Å². The third-order valence-corrected chi connectivity index (χ3v) is 7.26. The number of carbonyl (C=O) groups is 2. The first-order valence-corrected chi connectivity index (χ1v) is 10.7. The molecular weight excluding hydrogens is 386 g/mol. The van der Waals surface area contributed by atoms with E-state index in [-0.39, 0.29) is 11.3 Å². The van der Waals surface area contributed by atoms with Gasteiger partial charge in [-0.25, -0.2) is 4.79 Å². The average Bonchev–Trinajstić information content (AvgIpc) is 2.94. The van der Waals surface area contributed by atoms with Crippen molar-refractivity contribution < 1.29 is 19.4 Å². The van der Waals surface area contributed by atoms with Crippen molar-refractivity contribution in [3.63, 3.8) is 0 Å². The van der Waals surface area contributed by atoms with Gasteiger partial charge in [-0.05, 0) is 31.9 Å². The molecule has 2 aliphatic heterocycles. The maximum atomic E-state index is 13.3. The monoisotopic (exact) mass is 411 g/mol. The number of aliphatic hydroxyl groups excluding tert-OH is 1. The summed E-state index contributed by atoms with van der Waals surface area (Å²) < 4.78 is 5.53. The molecule has 6 heteroatoms. The second kappa shape index (κ2) is 7.50. The summed E-state index contributed by atoms with van der Waals surface area (Å²) in [5.74, 6) is -1.06. The van der Waals surface area contributed by atoms with Crippen LogP contribution in [-0.2, 0) is 14.3 Å². The average molecular weight is 412 g/mol. The Hall–Kier alpha value is -2.31. The summed E-state index contributed by atoms with van der Waals surface area (Å²) in [6, 6.07) is 18.5. The standard InChI is InChI=1S/C23H25NO4S/c1-14(25)17-20(26)24-19(23(2,3)29-21(17)24)22(27)28-18(15-10-6-4-7-11-15)16-12-8-5-9-13-16/h4-14,17-19,21,25H,1-3H3/t14?,17-,19-,21+/m0/s1. The predicted octanol–water partition coefficient (Wildman–Crippen LogP) is 3.38. The van der Waals surface area contributed by atoms with Gasteiger partial charge in [0.25, 0.3) is 0 Å². The number of esters is 1. The van der Waals surface area contributed by atoms with E-state index < -0.39 is 34.9 Å². The summed E-state index contributed by atoms with van der Waals surface area (Å²) in [5, 5.41) is 9.76. The minimum Gasteiger partial charge on any atom is -0.451 e. The molecule has 0 spiro atoms. The second-order valence-corrected chi connectivity index (χ2v) is 9.94. The van der Waals surface area contributed by atoms with Crippen LogP contribution in [0.4, 0.5) is 0 Å². The van der Waals surface area contributed by atoms with Crippen molar-refractivity contribution >= 4 is 23.6 Å². The lowest BCUT2D eigenvalue weighted by Crippen LogP contribution is -2.65. The van der Waals surface area contributed by atoms with Crippen LogP contribution in [0, 0.1) is 5.92 Å². The summed E-state index contributed by atoms with van der Waals surface area (Å²) in [5.41, 5.74) is 1.76. The third kappa shape index (κ3) is 3.45. The number of aliphatic hydroxyl groups is 1. The van der Waals surface area contributed by atoms with Gasteiger partial charge in [-0.2, -0.15) is 0 Å². The molecule has 2 fully saturated rings. The van der Waals surface area contributed by atoms with E-state index in [1.54, 1.807) is 23.6 Å². The number of fused-ring (bicyclic) bond motifs is 1. The van der Waals surface area contributed by atoms with E-state index in [4.69, 9.17) is 4.74 Å². The highest BCUT2D eigenvalue weighted by Crippen LogP contribution is 2.54. The minimum absolute atomic E-state index is 0.180. The largest absolute Gasteiger partial charge is 0.451 e. The van der Waals surface area contributed by atoms with Crippen molar-refractivity contribution in [1.29, 1.82) is 0 Å². The lowest BCUT2D eigenvalue weighted by molar-refractivity contribution is -0.172. The number of nitrogens with zero attached hydrogens (tertiary/aromatic N) is 1. The first-order valence-electron chi connectivity index (χ1n) is 9.79. The Morgan fingerprint density at radius 3 is 2.07 bits per heavy atom. The number of hydrogen-bond donors (Lipinski definition) is 1. The van der Waals surface area contributed by atoms with E-state index in [1.165, 1.54) is 0 Å². The molecule has 0 saturated carbocycles. The van der Waals surface area contributed by atoms with Gasteiger partial charge < -0.3 is 14.7 Å². The highest BCUT2D eigenvalue weighted by atomic mass is 32.2. The molecule has 4 rings (SSSR count). The predicted molar refractivity (Wildman–Crippen MR) is 112 cm³/mol. The number of ether oxygens (including phenoxy) is 1. The fourth-order valence-corrected chi connectivity index (χ4v) is 6.02. The molecular formula is C23H25NO4S. The lowest BCUT2D eigenvalue weighted by atomic mass is 9.88. The van der Waals surface area contributed by atoms with Gasteiger partial charge in [0, 0.05) is 4.75 Å². The number of rotatable bonds is 5. The Bertz CT molecular complexity index is 860. The summed E-state index contributed by atoms with van der Waals surface area (Å²) in [7, 11) is 0. The van der Waals surface area contributed by atoms with Crippen molar-refractivity contribution in [2.24, 2.45) is 5.92 Å². The maximum Gasteiger partial charge on any atom is 0.331 e. The number of thioether (sulfide) groups is 1. The van der Waals surface area contributed by atoms with Crippen molar-refractivity contribution in [3.05, 3.63) is 71.8 Å². The molecule has 0 aliphatic carbocycles. The summed E-state index contributed by atoms with van der Waals surface area (Å²) >= 11 is 1.56. The Labute approximate surface area is 175 Å². The quantitative estimate of drug-likeness (QED) is 0.604. The van der Waals surface area contributed by atoms with E-state index in [2.05, 4.69) is 0 Å². The molecule has 29 heavy (non-hydrogen) atoms. The Morgan fingerprint density at radius 2 is 1.59 bits per heavy atom. The first-order chi connectivity index (χ1) is 13.8. The van der Waals surface area contributed by atoms with Gasteiger partial charge in [-0.15, -0.1) is 11.8 Å². The fraction of sp³-hybridized carbons (Fsp3) is 0.391. The zero-order valence-corrected chi connectivity index (χ0v) is 17.5. The number of β-lactam (4-membered cyclic amide) rings is 1. The van der Waals surface area contributed by atoms with Crippen LogP contribution >= 0.6 is 11.8 Å². The van der Waals surface area contributed by atoms with Crippen LogP contribution in [0.15, 0.2) is 60.7 Å². The second-order valence-electron chi connectivity index (χ2n) is 8.16. The van der Waals surface area contributed by atoms with E-state index in [0.29, 0.717) is 0 Å². The molecule has 0 bridgehead atoms. The van der Waals surface area contributed by atoms with Crippen molar-refractivity contribution in [2.45, 2.75) is 49.1 Å². The lowest BCUT2D eigenvalue weighted by Gasteiger charge is -2.45. The van der Waals surface area contributed by atoms with Gasteiger partial charge in [0.2, 0.25) is 5.91 Å². The van der Waals surface area contributed by atoms with Crippen LogP contribution in [0.2, 0.25) is 0 Å². The Kier molecular flexibility index (Phi) is 5.17. The van der Waals surface area contributed by atoms with Crippen molar-refractivity contribution in [1.82, 2.24) is 4.90 Å². The molecule has 1 unspecified atom stereocenters. The number of carbonyl (C=O) groups excluding carboxylic acids is 2. The zero-order valence-electron chi connectivity index (χ0n) is 16.7. The van der Waals surface area contributed by atoms with Gasteiger partial charge in [0.05, 0.1) is 17.4 Å². The smallest absolute Gasteiger partial charge is 0.331 e. The van der Waals surface area contributed by atoms with Crippen LogP contribution in [0.1, 0.15) is 38.0 Å². The summed E-state index contributed by atoms with van der Waals surface area (Å²) in [4.78, 5) is 27.6. The molecule has 0 radical (unpaired) electrons. The SMILES string of the molecule is CC(O)[C@H]1C(=O)N2[C@@H]1SC(C)(C)[C@@H]2C(=O)OC(c1ccccc1)c1ccccc1. The first kappa shape index (κ1) is 20.0. The number of hydrogen-bond acceptors (Lipinski definition) is 5.